The number of carbonyl (C=O) groups is 3. The standard InChI is InChI=1S/C7H11NO5/c1-4(9)13-7(12)5(8)2-3-6(10)11/h5H,2-3,8H2,1H3,(H,10,11)/t5-/m0/s1. The number of esters is 2. The molecule has 0 aliphatic rings. The molecule has 6 nitrogen and oxygen atoms in total. The number of carboxylic acid groups (broad SMARTS) is 1. The van der Waals surface area contributed by atoms with Crippen LogP contribution in [0.1, 0.15) is 19.8 Å². The van der Waals surface area contributed by atoms with Crippen LogP contribution < -0.4 is 5.73 Å². The molecule has 0 fully saturated rings. The van der Waals surface area contributed by atoms with Gasteiger partial charge in [0.25, 0.3) is 0 Å². The Morgan fingerprint density at radius 3 is 2.38 bits per heavy atom. The van der Waals surface area contributed by atoms with Crippen molar-refractivity contribution in [3.05, 3.63) is 0 Å². The highest BCUT2D eigenvalue weighted by Crippen LogP contribution is 1.97. The molecule has 0 radical (unpaired) electrons. The molecule has 0 amide bonds. The lowest BCUT2D eigenvalue weighted by Gasteiger charge is -2.06. The fraction of sp³-hybridized carbons (Fsp3) is 0.571. The summed E-state index contributed by atoms with van der Waals surface area (Å²) in [5.74, 6) is -2.70. The van der Waals surface area contributed by atoms with E-state index < -0.39 is 23.9 Å². The van der Waals surface area contributed by atoms with Gasteiger partial charge >= 0.3 is 17.9 Å². The minimum atomic E-state index is -1.06. The molecule has 3 N–H and O–H groups in total. The van der Waals surface area contributed by atoms with Crippen LogP contribution in [-0.4, -0.2) is 29.1 Å². The normalized spacial score (nSPS) is 11.8. The third-order valence-electron chi connectivity index (χ3n) is 1.22. The molecular formula is C7H11NO5. The minimum Gasteiger partial charge on any atom is -0.481 e. The van der Waals surface area contributed by atoms with Gasteiger partial charge in [0, 0.05) is 13.3 Å². The number of hydrogen-bond acceptors (Lipinski definition) is 5. The molecule has 0 aromatic rings. The predicted octanol–water partition coefficient (Wildman–Crippen LogP) is -0.732. The smallest absolute Gasteiger partial charge is 0.330 e. The van der Waals surface area contributed by atoms with Crippen LogP contribution in [0.3, 0.4) is 0 Å². The Morgan fingerprint density at radius 2 is 2.00 bits per heavy atom. The summed E-state index contributed by atoms with van der Waals surface area (Å²) in [5.41, 5.74) is 5.22. The monoisotopic (exact) mass is 189 g/mol. The zero-order valence-electron chi connectivity index (χ0n) is 7.15. The molecule has 0 saturated heterocycles. The van der Waals surface area contributed by atoms with Crippen molar-refractivity contribution >= 4 is 17.9 Å². The topological polar surface area (TPSA) is 107 Å². The van der Waals surface area contributed by atoms with Crippen molar-refractivity contribution in [2.45, 2.75) is 25.8 Å². The van der Waals surface area contributed by atoms with Crippen LogP contribution in [0.2, 0.25) is 0 Å². The summed E-state index contributed by atoms with van der Waals surface area (Å²) in [4.78, 5) is 31.2. The van der Waals surface area contributed by atoms with Crippen LogP contribution in [0.25, 0.3) is 0 Å². The highest BCUT2D eigenvalue weighted by molar-refractivity contribution is 5.87. The van der Waals surface area contributed by atoms with Gasteiger partial charge in [-0.05, 0) is 6.42 Å². The largest absolute Gasteiger partial charge is 0.481 e. The van der Waals surface area contributed by atoms with E-state index in [4.69, 9.17) is 10.8 Å². The molecule has 0 unspecified atom stereocenters. The lowest BCUT2D eigenvalue weighted by molar-refractivity contribution is -0.159. The van der Waals surface area contributed by atoms with Gasteiger partial charge in [-0.2, -0.15) is 0 Å². The first kappa shape index (κ1) is 11.6. The van der Waals surface area contributed by atoms with E-state index in [1.165, 1.54) is 0 Å². The summed E-state index contributed by atoms with van der Waals surface area (Å²) in [6.07, 6.45) is -0.268. The van der Waals surface area contributed by atoms with Crippen LogP contribution in [-0.2, 0) is 19.1 Å². The van der Waals surface area contributed by atoms with E-state index >= 15 is 0 Å². The summed E-state index contributed by atoms with van der Waals surface area (Å²) in [6, 6.07) is -1.06. The predicted molar refractivity (Wildman–Crippen MR) is 41.6 cm³/mol. The Labute approximate surface area is 74.7 Å². The molecule has 6 heteroatoms. The first-order valence-electron chi connectivity index (χ1n) is 3.63. The molecule has 0 spiro atoms. The summed E-state index contributed by atoms with van der Waals surface area (Å²) in [5, 5.41) is 8.25. The highest BCUT2D eigenvalue weighted by Gasteiger charge is 2.17. The molecule has 0 saturated carbocycles. The number of rotatable bonds is 4. The second-order valence-electron chi connectivity index (χ2n) is 2.45. The highest BCUT2D eigenvalue weighted by atomic mass is 16.6. The maximum atomic E-state index is 10.8. The van der Waals surface area contributed by atoms with Gasteiger partial charge in [-0.1, -0.05) is 0 Å². The molecule has 74 valence electrons. The van der Waals surface area contributed by atoms with Gasteiger partial charge in [0.2, 0.25) is 0 Å². The fourth-order valence-corrected chi connectivity index (χ4v) is 0.614. The number of aliphatic carboxylic acids is 1. The van der Waals surface area contributed by atoms with Crippen molar-refractivity contribution < 1.29 is 24.2 Å². The third kappa shape index (κ3) is 5.80. The van der Waals surface area contributed by atoms with Gasteiger partial charge in [0.15, 0.2) is 0 Å². The van der Waals surface area contributed by atoms with Crippen LogP contribution >= 0.6 is 0 Å². The molecule has 0 bridgehead atoms. The Kier molecular flexibility index (Phi) is 4.68. The Morgan fingerprint density at radius 1 is 1.46 bits per heavy atom. The number of nitrogens with two attached hydrogens (primary N) is 1. The first-order chi connectivity index (χ1) is 5.93. The average molecular weight is 189 g/mol. The van der Waals surface area contributed by atoms with Gasteiger partial charge < -0.3 is 15.6 Å². The Balaban J connectivity index is 3.82. The van der Waals surface area contributed by atoms with E-state index in [1.54, 1.807) is 0 Å². The molecular weight excluding hydrogens is 178 g/mol. The SMILES string of the molecule is CC(=O)OC(=O)[C@@H](N)CCC(=O)O. The Bertz CT molecular complexity index is 225. The molecule has 0 aromatic carbocycles. The van der Waals surface area contributed by atoms with Crippen LogP contribution in [0.5, 0.6) is 0 Å². The molecule has 13 heavy (non-hydrogen) atoms. The number of carbonyl (C=O) groups excluding carboxylic acids is 2. The minimum absolute atomic E-state index is 0.0402. The lowest BCUT2D eigenvalue weighted by Crippen LogP contribution is -2.33. The fourth-order valence-electron chi connectivity index (χ4n) is 0.614. The van der Waals surface area contributed by atoms with Crippen molar-refractivity contribution in [1.82, 2.24) is 0 Å². The lowest BCUT2D eigenvalue weighted by atomic mass is 10.2. The van der Waals surface area contributed by atoms with Gasteiger partial charge in [0.1, 0.15) is 6.04 Å². The van der Waals surface area contributed by atoms with Crippen LogP contribution in [0.4, 0.5) is 0 Å². The number of hydrogen-bond donors (Lipinski definition) is 2. The zero-order chi connectivity index (χ0) is 10.4. The molecule has 0 rings (SSSR count). The molecule has 0 heterocycles. The van der Waals surface area contributed by atoms with Crippen molar-refractivity contribution in [2.24, 2.45) is 5.73 Å². The van der Waals surface area contributed by atoms with Crippen molar-refractivity contribution in [3.63, 3.8) is 0 Å². The van der Waals surface area contributed by atoms with Crippen LogP contribution in [0, 0.1) is 0 Å². The maximum absolute atomic E-state index is 10.8. The molecule has 1 atom stereocenters. The van der Waals surface area contributed by atoms with Gasteiger partial charge in [0.05, 0.1) is 0 Å². The van der Waals surface area contributed by atoms with Gasteiger partial charge in [-0.25, -0.2) is 4.79 Å². The molecule has 0 aromatic heterocycles. The van der Waals surface area contributed by atoms with E-state index in [1.807, 2.05) is 0 Å². The van der Waals surface area contributed by atoms with E-state index in [0.29, 0.717) is 0 Å². The maximum Gasteiger partial charge on any atom is 0.330 e. The quantitative estimate of drug-likeness (QED) is 0.446. The summed E-state index contributed by atoms with van der Waals surface area (Å²) >= 11 is 0. The van der Waals surface area contributed by atoms with Crippen molar-refractivity contribution in [3.8, 4) is 0 Å². The van der Waals surface area contributed by atoms with Gasteiger partial charge in [-0.15, -0.1) is 0 Å². The summed E-state index contributed by atoms with van der Waals surface area (Å²) in [6.45, 7) is 1.07. The molecule has 0 aliphatic heterocycles. The second kappa shape index (κ2) is 5.26. The Hall–Kier alpha value is -1.43. The van der Waals surface area contributed by atoms with E-state index in [0.717, 1.165) is 6.92 Å². The number of carboxylic acids is 1. The van der Waals surface area contributed by atoms with Crippen LogP contribution in [0.15, 0.2) is 0 Å². The summed E-state index contributed by atoms with van der Waals surface area (Å²) in [7, 11) is 0. The van der Waals surface area contributed by atoms with E-state index in [9.17, 15) is 14.4 Å². The van der Waals surface area contributed by atoms with E-state index in [-0.39, 0.29) is 12.8 Å². The first-order valence-corrected chi connectivity index (χ1v) is 3.63. The van der Waals surface area contributed by atoms with Crippen molar-refractivity contribution in [2.75, 3.05) is 0 Å². The third-order valence-corrected chi connectivity index (χ3v) is 1.22. The number of ether oxygens (including phenoxy) is 1. The zero-order valence-corrected chi connectivity index (χ0v) is 7.15. The average Bonchev–Trinajstić information content (AvgIpc) is 1.98. The van der Waals surface area contributed by atoms with Crippen molar-refractivity contribution in [1.29, 1.82) is 0 Å². The second-order valence-corrected chi connectivity index (χ2v) is 2.45. The summed E-state index contributed by atoms with van der Waals surface area (Å²) < 4.78 is 4.15. The van der Waals surface area contributed by atoms with Gasteiger partial charge in [-0.3, -0.25) is 9.59 Å². The van der Waals surface area contributed by atoms with E-state index in [2.05, 4.69) is 4.74 Å². The molecule has 0 aliphatic carbocycles.